The van der Waals surface area contributed by atoms with E-state index >= 15 is 0 Å². The fourth-order valence-corrected chi connectivity index (χ4v) is 5.90. The SMILES string of the molecule is CCC(C)[C@H](NC(=O)[C@H]1CCCCCN1C)C(=O)N(CCCc1nc(C(=O)NCC[C@H](C)C(N)=O)cs1)COC(=O)CC(C)C. The zero-order valence-corrected chi connectivity index (χ0v) is 28.7. The van der Waals surface area contributed by atoms with Gasteiger partial charge in [0, 0.05) is 37.2 Å². The van der Waals surface area contributed by atoms with Crippen molar-refractivity contribution in [3.05, 3.63) is 16.1 Å². The third-order valence-corrected chi connectivity index (χ3v) is 9.23. The van der Waals surface area contributed by atoms with E-state index in [1.807, 2.05) is 34.7 Å². The van der Waals surface area contributed by atoms with Gasteiger partial charge >= 0.3 is 5.97 Å². The number of rotatable bonds is 18. The number of hydrogen-bond donors (Lipinski definition) is 3. The number of primary amides is 1. The fourth-order valence-electron chi connectivity index (χ4n) is 5.08. The highest BCUT2D eigenvalue weighted by Gasteiger charge is 2.34. The van der Waals surface area contributed by atoms with Crippen molar-refractivity contribution < 1.29 is 28.7 Å². The molecular weight excluding hydrogens is 596 g/mol. The summed E-state index contributed by atoms with van der Waals surface area (Å²) < 4.78 is 5.51. The minimum Gasteiger partial charge on any atom is -0.444 e. The second-order valence-corrected chi connectivity index (χ2v) is 13.6. The lowest BCUT2D eigenvalue weighted by Crippen LogP contribution is -2.56. The third kappa shape index (κ3) is 13.1. The minimum absolute atomic E-state index is 0.119. The number of esters is 1. The first-order valence-electron chi connectivity index (χ1n) is 16.3. The topological polar surface area (TPSA) is 164 Å². The van der Waals surface area contributed by atoms with Crippen molar-refractivity contribution in [2.45, 2.75) is 104 Å². The fraction of sp³-hybridized carbons (Fsp3) is 0.750. The standard InChI is InChI=1S/C32H54N6O6S/c1-7-22(4)28(36-31(42)25-12-9-8-10-16-37(25)6)32(43)38(20-44-27(39)18-21(2)3)17-11-13-26-35-24(19-45-26)30(41)34-15-14-23(5)29(33)40/h19,21-23,25,28H,7-18,20H2,1-6H3,(H2,33,40)(H,34,41)(H,36,42)/t22?,23-,25+,28-/m0/s1. The van der Waals surface area contributed by atoms with Crippen LogP contribution >= 0.6 is 11.3 Å². The molecule has 12 nitrogen and oxygen atoms in total. The first-order valence-corrected chi connectivity index (χ1v) is 17.2. The second-order valence-electron chi connectivity index (χ2n) is 12.6. The van der Waals surface area contributed by atoms with Gasteiger partial charge in [-0.3, -0.25) is 28.9 Å². The molecule has 4 amide bonds. The van der Waals surface area contributed by atoms with Crippen LogP contribution in [0.15, 0.2) is 5.38 Å². The van der Waals surface area contributed by atoms with E-state index in [-0.39, 0.29) is 67.2 Å². The van der Waals surface area contributed by atoms with Crippen LogP contribution in [0.1, 0.15) is 101 Å². The van der Waals surface area contributed by atoms with E-state index in [0.29, 0.717) is 37.9 Å². The molecule has 254 valence electrons. The number of likely N-dealkylation sites (N-methyl/N-ethyl adjacent to an activating group) is 1. The lowest BCUT2D eigenvalue weighted by atomic mass is 9.96. The van der Waals surface area contributed by atoms with Gasteiger partial charge in [-0.05, 0) is 51.1 Å². The van der Waals surface area contributed by atoms with Crippen molar-refractivity contribution in [3.8, 4) is 0 Å². The van der Waals surface area contributed by atoms with E-state index in [9.17, 15) is 24.0 Å². The maximum Gasteiger partial charge on any atom is 0.307 e. The Morgan fingerprint density at radius 2 is 1.89 bits per heavy atom. The molecule has 2 rings (SSSR count). The lowest BCUT2D eigenvalue weighted by Gasteiger charge is -2.32. The number of ether oxygens (including phenoxy) is 1. The molecule has 1 fully saturated rings. The van der Waals surface area contributed by atoms with Crippen molar-refractivity contribution >= 4 is 40.9 Å². The van der Waals surface area contributed by atoms with Gasteiger partial charge in [0.15, 0.2) is 6.73 Å². The van der Waals surface area contributed by atoms with Gasteiger partial charge in [-0.15, -0.1) is 11.3 Å². The van der Waals surface area contributed by atoms with E-state index in [2.05, 4.69) is 20.5 Å². The quantitative estimate of drug-likeness (QED) is 0.161. The predicted molar refractivity (Wildman–Crippen MR) is 174 cm³/mol. The summed E-state index contributed by atoms with van der Waals surface area (Å²) in [6.45, 7) is 10.7. The van der Waals surface area contributed by atoms with Crippen molar-refractivity contribution in [1.82, 2.24) is 25.4 Å². The summed E-state index contributed by atoms with van der Waals surface area (Å²) in [5.41, 5.74) is 5.57. The van der Waals surface area contributed by atoms with E-state index < -0.39 is 11.9 Å². The summed E-state index contributed by atoms with van der Waals surface area (Å²) >= 11 is 1.35. The molecule has 1 aliphatic heterocycles. The number of nitrogens with one attached hydrogen (secondary N) is 2. The molecule has 0 aromatic carbocycles. The van der Waals surface area contributed by atoms with Gasteiger partial charge in [-0.1, -0.05) is 53.9 Å². The number of aromatic nitrogens is 1. The van der Waals surface area contributed by atoms with E-state index in [4.69, 9.17) is 10.5 Å². The lowest BCUT2D eigenvalue weighted by molar-refractivity contribution is -0.155. The molecular formula is C32H54N6O6S. The predicted octanol–water partition coefficient (Wildman–Crippen LogP) is 3.10. The number of thiazole rings is 1. The van der Waals surface area contributed by atoms with Crippen LogP contribution < -0.4 is 16.4 Å². The normalized spacial score (nSPS) is 17.5. The molecule has 0 aliphatic carbocycles. The molecule has 4 atom stereocenters. The van der Waals surface area contributed by atoms with Crippen molar-refractivity contribution in [2.75, 3.05) is 33.4 Å². The summed E-state index contributed by atoms with van der Waals surface area (Å²) in [7, 11) is 1.95. The molecule has 1 aromatic rings. The number of likely N-dealkylation sites (tertiary alicyclic amines) is 1. The van der Waals surface area contributed by atoms with Crippen LogP contribution in [0.25, 0.3) is 0 Å². The van der Waals surface area contributed by atoms with Gasteiger partial charge in [0.25, 0.3) is 5.91 Å². The first kappa shape index (κ1) is 38.1. The maximum absolute atomic E-state index is 14.0. The van der Waals surface area contributed by atoms with Crippen molar-refractivity contribution in [2.24, 2.45) is 23.5 Å². The zero-order valence-electron chi connectivity index (χ0n) is 27.9. The average Bonchev–Trinajstić information content (AvgIpc) is 3.36. The summed E-state index contributed by atoms with van der Waals surface area (Å²) in [5.74, 6) is -1.89. The molecule has 4 N–H and O–H groups in total. The van der Waals surface area contributed by atoms with Gasteiger partial charge in [-0.25, -0.2) is 4.98 Å². The monoisotopic (exact) mass is 650 g/mol. The Hall–Kier alpha value is -3.06. The molecule has 0 spiro atoms. The van der Waals surface area contributed by atoms with Gasteiger partial charge in [0.2, 0.25) is 17.7 Å². The Kier molecular flexibility index (Phi) is 16.5. The number of nitrogens with two attached hydrogens (primary N) is 1. The van der Waals surface area contributed by atoms with E-state index in [1.54, 1.807) is 12.3 Å². The molecule has 1 aromatic heterocycles. The van der Waals surface area contributed by atoms with Crippen LogP contribution in [0.3, 0.4) is 0 Å². The van der Waals surface area contributed by atoms with Crippen LogP contribution in [0.2, 0.25) is 0 Å². The molecule has 45 heavy (non-hydrogen) atoms. The summed E-state index contributed by atoms with van der Waals surface area (Å²) in [6.07, 6.45) is 6.25. The van der Waals surface area contributed by atoms with Crippen LogP contribution in [0.5, 0.6) is 0 Å². The zero-order chi connectivity index (χ0) is 33.5. The maximum atomic E-state index is 14.0. The highest BCUT2D eigenvalue weighted by atomic mass is 32.1. The van der Waals surface area contributed by atoms with Crippen molar-refractivity contribution in [3.63, 3.8) is 0 Å². The smallest absolute Gasteiger partial charge is 0.307 e. The number of carbonyl (C=O) groups excluding carboxylic acids is 5. The van der Waals surface area contributed by atoms with Gasteiger partial charge in [0.05, 0.1) is 11.0 Å². The Labute approximate surface area is 272 Å². The number of hydrogen-bond acceptors (Lipinski definition) is 9. The first-order chi connectivity index (χ1) is 21.3. The van der Waals surface area contributed by atoms with Crippen LogP contribution in [0.4, 0.5) is 0 Å². The molecule has 1 saturated heterocycles. The number of aryl methyl sites for hydroxylation is 1. The second kappa shape index (κ2) is 19.5. The Morgan fingerprint density at radius 1 is 1.16 bits per heavy atom. The molecule has 0 saturated carbocycles. The average molecular weight is 651 g/mol. The number of carbonyl (C=O) groups is 5. The van der Waals surface area contributed by atoms with Gasteiger partial charge in [-0.2, -0.15) is 0 Å². The van der Waals surface area contributed by atoms with Crippen LogP contribution in [-0.4, -0.2) is 89.9 Å². The highest BCUT2D eigenvalue weighted by Crippen LogP contribution is 2.19. The van der Waals surface area contributed by atoms with Gasteiger partial charge in [0.1, 0.15) is 11.7 Å². The highest BCUT2D eigenvalue weighted by molar-refractivity contribution is 7.09. The minimum atomic E-state index is -0.754. The van der Waals surface area contributed by atoms with E-state index in [0.717, 1.165) is 37.2 Å². The third-order valence-electron chi connectivity index (χ3n) is 8.32. The summed E-state index contributed by atoms with van der Waals surface area (Å²) in [5, 5.41) is 8.23. The van der Waals surface area contributed by atoms with Gasteiger partial charge < -0.3 is 26.0 Å². The molecule has 0 bridgehead atoms. The van der Waals surface area contributed by atoms with Crippen molar-refractivity contribution in [1.29, 1.82) is 0 Å². The number of nitrogens with zero attached hydrogens (tertiary/aromatic N) is 3. The van der Waals surface area contributed by atoms with E-state index in [1.165, 1.54) is 16.2 Å². The molecule has 2 heterocycles. The molecule has 1 unspecified atom stereocenters. The van der Waals surface area contributed by atoms with Crippen LogP contribution in [0, 0.1) is 17.8 Å². The Balaban J connectivity index is 2.09. The number of amides is 4. The Bertz CT molecular complexity index is 1130. The largest absolute Gasteiger partial charge is 0.444 e. The molecule has 1 aliphatic rings. The summed E-state index contributed by atoms with van der Waals surface area (Å²) in [6, 6.07) is -1.04. The molecule has 0 radical (unpaired) electrons. The molecule has 13 heteroatoms. The van der Waals surface area contributed by atoms with Crippen LogP contribution in [-0.2, 0) is 30.3 Å². The summed E-state index contributed by atoms with van der Waals surface area (Å²) in [4.78, 5) is 71.5. The Morgan fingerprint density at radius 3 is 2.56 bits per heavy atom.